The van der Waals surface area contributed by atoms with E-state index in [0.717, 1.165) is 6.42 Å². The van der Waals surface area contributed by atoms with Gasteiger partial charge in [-0.05, 0) is 25.1 Å². The maximum Gasteiger partial charge on any atom is 0.342 e. The molecule has 6 atom stereocenters. The number of nitrogens with zero attached hydrogens (tertiary/aromatic N) is 1. The van der Waals surface area contributed by atoms with Gasteiger partial charge in [0.1, 0.15) is 15.0 Å². The maximum atomic E-state index is 12.9. The van der Waals surface area contributed by atoms with E-state index < -0.39 is 42.3 Å². The SMILES string of the molecule is C[C@@H](O[Si](C)(C)C(C)(C)C)[C@H]1C(=O)N([C@@H](Cl)C(=O)O)[C@@H]1SC(=S)SC1CC[S+]([O-])C1. The molecule has 0 bridgehead atoms. The summed E-state index contributed by atoms with van der Waals surface area (Å²) in [6, 6.07) is 0. The van der Waals surface area contributed by atoms with Gasteiger partial charge < -0.3 is 19.0 Å². The van der Waals surface area contributed by atoms with Crippen LogP contribution in [0.1, 0.15) is 34.1 Å². The molecule has 2 rings (SSSR count). The van der Waals surface area contributed by atoms with E-state index in [-0.39, 0.29) is 22.3 Å². The number of thiocarbonyl (C=S) groups is 1. The van der Waals surface area contributed by atoms with Gasteiger partial charge in [0, 0.05) is 6.42 Å². The van der Waals surface area contributed by atoms with E-state index in [4.69, 9.17) is 28.2 Å². The van der Waals surface area contributed by atoms with Crippen molar-refractivity contribution in [2.45, 2.75) is 74.5 Å². The summed E-state index contributed by atoms with van der Waals surface area (Å²) in [5.74, 6) is -0.809. The predicted octanol–water partition coefficient (Wildman–Crippen LogP) is 4.10. The number of alkyl halides is 1. The summed E-state index contributed by atoms with van der Waals surface area (Å²) in [6.45, 7) is 12.5. The maximum absolute atomic E-state index is 12.9. The molecular weight excluding hydrogens is 502 g/mol. The molecule has 0 aromatic carbocycles. The monoisotopic (exact) mass is 531 g/mol. The summed E-state index contributed by atoms with van der Waals surface area (Å²) in [5, 5.41) is 9.01. The minimum Gasteiger partial charge on any atom is -0.616 e. The zero-order chi connectivity index (χ0) is 23.0. The number of likely N-dealkylation sites (tertiary alicyclic amines) is 1. The molecular formula is C18H30ClNO5S4Si. The molecule has 1 amide bonds. The number of hydrogen-bond donors (Lipinski definition) is 1. The van der Waals surface area contributed by atoms with Gasteiger partial charge in [-0.1, -0.05) is 79.3 Å². The average molecular weight is 532 g/mol. The van der Waals surface area contributed by atoms with E-state index in [0.29, 0.717) is 15.0 Å². The number of carbonyl (C=O) groups excluding carboxylic acids is 1. The van der Waals surface area contributed by atoms with Gasteiger partial charge in [0.25, 0.3) is 0 Å². The van der Waals surface area contributed by atoms with E-state index in [9.17, 15) is 19.2 Å². The molecule has 2 aliphatic heterocycles. The Morgan fingerprint density at radius 1 is 1.43 bits per heavy atom. The first-order valence-electron chi connectivity index (χ1n) is 9.75. The molecule has 2 aliphatic rings. The Bertz CT molecular complexity index is 692. The molecule has 0 spiro atoms. The van der Waals surface area contributed by atoms with Crippen molar-refractivity contribution >= 4 is 82.2 Å². The number of carbonyl (C=O) groups is 2. The third-order valence-corrected chi connectivity index (χ3v) is 15.6. The molecule has 12 heteroatoms. The summed E-state index contributed by atoms with van der Waals surface area (Å²) in [4.78, 5) is 25.5. The third kappa shape index (κ3) is 6.09. The Morgan fingerprint density at radius 2 is 2.03 bits per heavy atom. The molecule has 0 aliphatic carbocycles. The van der Waals surface area contributed by atoms with Crippen LogP contribution in [-0.4, -0.2) is 72.0 Å². The number of halogens is 1. The molecule has 30 heavy (non-hydrogen) atoms. The van der Waals surface area contributed by atoms with Crippen LogP contribution in [0.3, 0.4) is 0 Å². The van der Waals surface area contributed by atoms with Gasteiger partial charge in [-0.3, -0.25) is 4.79 Å². The van der Waals surface area contributed by atoms with Crippen molar-refractivity contribution in [3.8, 4) is 0 Å². The number of thioether (sulfide) groups is 2. The van der Waals surface area contributed by atoms with Crippen LogP contribution in [0.15, 0.2) is 0 Å². The number of hydrogen-bond acceptors (Lipinski definition) is 7. The number of amides is 1. The van der Waals surface area contributed by atoms with Crippen LogP contribution in [-0.2, 0) is 25.2 Å². The number of carboxylic acid groups (broad SMARTS) is 1. The van der Waals surface area contributed by atoms with Crippen molar-refractivity contribution in [3.63, 3.8) is 0 Å². The molecule has 0 aromatic rings. The van der Waals surface area contributed by atoms with Crippen molar-refractivity contribution in [1.82, 2.24) is 4.90 Å². The van der Waals surface area contributed by atoms with Crippen molar-refractivity contribution < 1.29 is 23.7 Å². The van der Waals surface area contributed by atoms with Gasteiger partial charge in [0.05, 0.1) is 22.6 Å². The van der Waals surface area contributed by atoms with Gasteiger partial charge in [0.15, 0.2) is 8.32 Å². The van der Waals surface area contributed by atoms with Crippen LogP contribution in [0.2, 0.25) is 18.1 Å². The fourth-order valence-corrected chi connectivity index (χ4v) is 10.2. The van der Waals surface area contributed by atoms with Crippen molar-refractivity contribution in [2.75, 3.05) is 11.5 Å². The van der Waals surface area contributed by atoms with Crippen LogP contribution >= 0.6 is 47.3 Å². The Morgan fingerprint density at radius 3 is 2.50 bits per heavy atom. The summed E-state index contributed by atoms with van der Waals surface area (Å²) in [5.41, 5.74) is -1.45. The van der Waals surface area contributed by atoms with Gasteiger partial charge in [-0.2, -0.15) is 0 Å². The predicted molar refractivity (Wildman–Crippen MR) is 133 cm³/mol. The van der Waals surface area contributed by atoms with Crippen LogP contribution in [0.25, 0.3) is 0 Å². The standard InChI is InChI=1S/C18H30ClNO5S4Si/c1-10(25-30(5,6)18(2,3)4)12-14(21)20(13(19)16(22)23)15(12)28-17(26)27-11-7-8-29(24)9-11/h10-13,15H,7-9H2,1-6H3,(H,22,23)/t10-,11?,12+,13-,15-,29?/m1/s1. The van der Waals surface area contributed by atoms with Crippen LogP contribution in [0, 0.1) is 5.92 Å². The quantitative estimate of drug-likeness (QED) is 0.131. The summed E-state index contributed by atoms with van der Waals surface area (Å²) in [7, 11) is -2.12. The lowest BCUT2D eigenvalue weighted by Crippen LogP contribution is -2.67. The van der Waals surface area contributed by atoms with Crippen LogP contribution < -0.4 is 0 Å². The third-order valence-electron chi connectivity index (χ3n) is 5.88. The molecule has 2 fully saturated rings. The van der Waals surface area contributed by atoms with Crippen molar-refractivity contribution in [3.05, 3.63) is 0 Å². The van der Waals surface area contributed by atoms with E-state index >= 15 is 0 Å². The highest BCUT2D eigenvalue weighted by Gasteiger charge is 2.56. The van der Waals surface area contributed by atoms with E-state index in [2.05, 4.69) is 33.9 Å². The van der Waals surface area contributed by atoms with Crippen LogP contribution in [0.5, 0.6) is 0 Å². The molecule has 0 saturated carbocycles. The Balaban J connectivity index is 2.13. The van der Waals surface area contributed by atoms with E-state index in [1.54, 1.807) is 0 Å². The summed E-state index contributed by atoms with van der Waals surface area (Å²) >= 11 is 13.5. The van der Waals surface area contributed by atoms with Gasteiger partial charge in [-0.15, -0.1) is 0 Å². The van der Waals surface area contributed by atoms with Crippen molar-refractivity contribution in [2.24, 2.45) is 5.92 Å². The molecule has 0 aromatic heterocycles. The molecule has 0 radical (unpaired) electrons. The summed E-state index contributed by atoms with van der Waals surface area (Å²) < 4.78 is 18.7. The van der Waals surface area contributed by atoms with Crippen molar-refractivity contribution in [1.29, 1.82) is 0 Å². The largest absolute Gasteiger partial charge is 0.616 e. The first kappa shape index (κ1) is 26.8. The summed E-state index contributed by atoms with van der Waals surface area (Å²) in [6.07, 6.45) is 0.462. The smallest absolute Gasteiger partial charge is 0.342 e. The molecule has 6 nitrogen and oxygen atoms in total. The minimum absolute atomic E-state index is 0.0181. The van der Waals surface area contributed by atoms with Crippen LogP contribution in [0.4, 0.5) is 0 Å². The highest BCUT2D eigenvalue weighted by atomic mass is 35.5. The number of β-lactam (4-membered cyclic amide) rings is 1. The van der Waals surface area contributed by atoms with Gasteiger partial charge in [-0.25, -0.2) is 4.79 Å². The topological polar surface area (TPSA) is 89.9 Å². The van der Waals surface area contributed by atoms with E-state index in [1.165, 1.54) is 28.4 Å². The second-order valence-corrected chi connectivity index (χ2v) is 19.5. The van der Waals surface area contributed by atoms with E-state index in [1.807, 2.05) is 6.92 Å². The highest BCUT2D eigenvalue weighted by Crippen LogP contribution is 2.46. The molecule has 2 saturated heterocycles. The lowest BCUT2D eigenvalue weighted by Gasteiger charge is -2.51. The Hall–Kier alpha value is 0.507. The number of rotatable bonds is 7. The molecule has 1 N–H and O–H groups in total. The lowest BCUT2D eigenvalue weighted by molar-refractivity contribution is -0.164. The average Bonchev–Trinajstić information content (AvgIpc) is 2.97. The zero-order valence-electron chi connectivity index (χ0n) is 18.0. The first-order chi connectivity index (χ1) is 13.7. The fourth-order valence-electron chi connectivity index (χ4n) is 3.14. The molecule has 172 valence electrons. The molecule has 2 unspecified atom stereocenters. The van der Waals surface area contributed by atoms with Gasteiger partial charge in [0.2, 0.25) is 11.4 Å². The second-order valence-electron chi connectivity index (χ2n) is 9.13. The fraction of sp³-hybridized carbons (Fsp3) is 0.833. The first-order valence-corrected chi connectivity index (χ1v) is 16.7. The Kier molecular flexibility index (Phi) is 9.09. The minimum atomic E-state index is -2.12. The molecule has 2 heterocycles. The second kappa shape index (κ2) is 10.2. The Labute approximate surface area is 201 Å². The number of carboxylic acids is 1. The number of aliphatic carboxylic acids is 1. The normalized spacial score (nSPS) is 29.5. The lowest BCUT2D eigenvalue weighted by atomic mass is 9.93. The zero-order valence-corrected chi connectivity index (χ0v) is 23.1. The van der Waals surface area contributed by atoms with Gasteiger partial charge >= 0.3 is 5.97 Å². The highest BCUT2D eigenvalue weighted by molar-refractivity contribution is 8.47.